The third kappa shape index (κ3) is 19.0. The van der Waals surface area contributed by atoms with Crippen LogP contribution in [0.5, 0.6) is 0 Å². The summed E-state index contributed by atoms with van der Waals surface area (Å²) in [6.07, 6.45) is 13.9. The summed E-state index contributed by atoms with van der Waals surface area (Å²) in [5, 5.41) is 8.57. The number of carboxylic acids is 1. The molecule has 4 N–H and O–H groups in total. The smallest absolute Gasteiger partial charge is 0.472 e. The highest BCUT2D eigenvalue weighted by Crippen LogP contribution is 2.43. The highest BCUT2D eigenvalue weighted by molar-refractivity contribution is 7.47. The molecule has 0 aliphatic rings. The lowest BCUT2D eigenvalue weighted by Gasteiger charge is -2.13. The van der Waals surface area contributed by atoms with E-state index in [1.54, 1.807) is 0 Å². The first-order chi connectivity index (χ1) is 14.3. The number of rotatable bonds is 21. The maximum Gasteiger partial charge on any atom is 0.472 e. The van der Waals surface area contributed by atoms with Gasteiger partial charge in [-0.05, 0) is 6.42 Å². The van der Waals surface area contributed by atoms with Gasteiger partial charge in [-0.15, -0.1) is 0 Å². The number of unbranched alkanes of at least 4 members (excludes halogenated alkanes) is 10. The minimum absolute atomic E-state index is 0.0749. The molecular weight excluding hydrogens is 413 g/mol. The van der Waals surface area contributed by atoms with Crippen molar-refractivity contribution >= 4 is 19.8 Å². The van der Waals surface area contributed by atoms with Gasteiger partial charge in [0, 0.05) is 12.8 Å². The number of phosphoric acid groups is 1. The molecule has 0 radical (unpaired) electrons. The van der Waals surface area contributed by atoms with Crippen molar-refractivity contribution in [3.63, 3.8) is 0 Å². The van der Waals surface area contributed by atoms with E-state index in [2.05, 4.69) is 16.0 Å². The second kappa shape index (κ2) is 18.8. The second-order valence-electron chi connectivity index (χ2n) is 7.40. The Labute approximate surface area is 180 Å². The zero-order valence-electron chi connectivity index (χ0n) is 18.3. The van der Waals surface area contributed by atoms with Crippen molar-refractivity contribution in [3.05, 3.63) is 0 Å². The molecule has 2 atom stereocenters. The Morgan fingerprint density at radius 2 is 1.40 bits per heavy atom. The number of esters is 1. The van der Waals surface area contributed by atoms with E-state index in [-0.39, 0.29) is 25.6 Å². The van der Waals surface area contributed by atoms with E-state index in [0.29, 0.717) is 6.42 Å². The number of carboxylic acid groups (broad SMARTS) is 1. The molecule has 10 heteroatoms. The van der Waals surface area contributed by atoms with Gasteiger partial charge in [0.2, 0.25) is 0 Å². The summed E-state index contributed by atoms with van der Waals surface area (Å²) in [5.41, 5.74) is 5.16. The molecule has 30 heavy (non-hydrogen) atoms. The Kier molecular flexibility index (Phi) is 18.1. The molecule has 0 amide bonds. The lowest BCUT2D eigenvalue weighted by Crippen LogP contribution is -2.34. The molecule has 0 saturated carbocycles. The molecule has 0 bridgehead atoms. The van der Waals surface area contributed by atoms with Gasteiger partial charge in [0.15, 0.2) is 0 Å². The van der Waals surface area contributed by atoms with Crippen LogP contribution >= 0.6 is 7.82 Å². The average Bonchev–Trinajstić information content (AvgIpc) is 2.69. The van der Waals surface area contributed by atoms with Crippen LogP contribution < -0.4 is 5.73 Å². The molecule has 0 aromatic rings. The predicted octanol–water partition coefficient (Wildman–Crippen LogP) is 4.17. The first-order valence-electron chi connectivity index (χ1n) is 11.0. The number of carbonyl (C=O) groups is 2. The zero-order valence-corrected chi connectivity index (χ0v) is 19.2. The maximum atomic E-state index is 11.6. The number of hydrogen-bond acceptors (Lipinski definition) is 7. The lowest BCUT2D eigenvalue weighted by molar-refractivity contribution is -0.144. The summed E-state index contributed by atoms with van der Waals surface area (Å²) >= 11 is 0. The van der Waals surface area contributed by atoms with Gasteiger partial charge < -0.3 is 20.5 Å². The van der Waals surface area contributed by atoms with E-state index in [4.69, 9.17) is 15.6 Å². The van der Waals surface area contributed by atoms with Crippen LogP contribution in [0.1, 0.15) is 90.4 Å². The van der Waals surface area contributed by atoms with Crippen molar-refractivity contribution in [1.29, 1.82) is 0 Å². The van der Waals surface area contributed by atoms with Gasteiger partial charge in [-0.2, -0.15) is 0 Å². The van der Waals surface area contributed by atoms with Crippen molar-refractivity contribution in [3.8, 4) is 0 Å². The largest absolute Gasteiger partial charge is 0.480 e. The molecule has 0 heterocycles. The number of phosphoric ester groups is 1. The van der Waals surface area contributed by atoms with Gasteiger partial charge in [-0.1, -0.05) is 71.1 Å². The standard InChI is InChI=1S/C20H40NO8P/c1-2-3-4-5-6-7-8-9-10-11-12-14-19(22)27-15-13-16-28-30(25,26)29-17-18(21)20(23)24/h18H,2-17,21H2,1H3,(H,23,24)(H,25,26)/t18-/m0/s1. The summed E-state index contributed by atoms with van der Waals surface area (Å²) in [5.74, 6) is -1.64. The molecule has 0 aliphatic heterocycles. The highest BCUT2D eigenvalue weighted by Gasteiger charge is 2.24. The summed E-state index contributed by atoms with van der Waals surface area (Å²) in [6, 6.07) is -1.41. The highest BCUT2D eigenvalue weighted by atomic mass is 31.2. The summed E-state index contributed by atoms with van der Waals surface area (Å²) in [6.45, 7) is 1.49. The van der Waals surface area contributed by atoms with Gasteiger partial charge in [0.1, 0.15) is 6.04 Å². The monoisotopic (exact) mass is 453 g/mol. The molecule has 0 fully saturated rings. The van der Waals surface area contributed by atoms with Crippen molar-refractivity contribution < 1.29 is 37.9 Å². The molecule has 0 aromatic heterocycles. The van der Waals surface area contributed by atoms with Crippen LogP contribution in [0.3, 0.4) is 0 Å². The van der Waals surface area contributed by atoms with Crippen LogP contribution in [0.15, 0.2) is 0 Å². The number of hydrogen-bond donors (Lipinski definition) is 3. The lowest BCUT2D eigenvalue weighted by atomic mass is 10.1. The summed E-state index contributed by atoms with van der Waals surface area (Å²) < 4.78 is 25.7. The normalized spacial score (nSPS) is 14.2. The Morgan fingerprint density at radius 1 is 0.867 bits per heavy atom. The molecule has 0 aliphatic carbocycles. The molecular formula is C20H40NO8P. The second-order valence-corrected chi connectivity index (χ2v) is 8.86. The average molecular weight is 454 g/mol. The van der Waals surface area contributed by atoms with Crippen LogP contribution in [-0.4, -0.2) is 47.8 Å². The number of carbonyl (C=O) groups excluding carboxylic acids is 1. The SMILES string of the molecule is CCCCCCCCCCCCCC(=O)OCCCOP(=O)(O)OC[C@H](N)C(=O)O. The molecule has 0 rings (SSSR count). The molecule has 9 nitrogen and oxygen atoms in total. The van der Waals surface area contributed by atoms with E-state index in [0.717, 1.165) is 19.3 Å². The van der Waals surface area contributed by atoms with E-state index in [1.807, 2.05) is 0 Å². The van der Waals surface area contributed by atoms with Crippen LogP contribution in [0.25, 0.3) is 0 Å². The maximum absolute atomic E-state index is 11.6. The van der Waals surface area contributed by atoms with E-state index >= 15 is 0 Å². The van der Waals surface area contributed by atoms with Crippen molar-refractivity contribution in [2.75, 3.05) is 19.8 Å². The molecule has 0 spiro atoms. The molecule has 0 aromatic carbocycles. The zero-order chi connectivity index (χ0) is 22.7. The Morgan fingerprint density at radius 3 is 1.93 bits per heavy atom. The number of aliphatic carboxylic acids is 1. The topological polar surface area (TPSA) is 145 Å². The van der Waals surface area contributed by atoms with E-state index in [1.165, 1.54) is 51.4 Å². The van der Waals surface area contributed by atoms with Gasteiger partial charge >= 0.3 is 19.8 Å². The van der Waals surface area contributed by atoms with Crippen LogP contribution in [0.4, 0.5) is 0 Å². The minimum atomic E-state index is -4.38. The molecule has 0 saturated heterocycles. The first-order valence-corrected chi connectivity index (χ1v) is 12.5. The molecule has 178 valence electrons. The third-order valence-electron chi connectivity index (χ3n) is 4.53. The van der Waals surface area contributed by atoms with E-state index in [9.17, 15) is 19.0 Å². The Hall–Kier alpha value is -0.990. The van der Waals surface area contributed by atoms with Crippen LogP contribution in [0, 0.1) is 0 Å². The van der Waals surface area contributed by atoms with Gasteiger partial charge in [-0.25, -0.2) is 4.57 Å². The summed E-state index contributed by atoms with van der Waals surface area (Å²) in [4.78, 5) is 31.5. The fraction of sp³-hybridized carbons (Fsp3) is 0.900. The van der Waals surface area contributed by atoms with Gasteiger partial charge in [0.05, 0.1) is 19.8 Å². The Balaban J connectivity index is 3.49. The minimum Gasteiger partial charge on any atom is -0.480 e. The quantitative estimate of drug-likeness (QED) is 0.132. The predicted molar refractivity (Wildman–Crippen MR) is 114 cm³/mol. The fourth-order valence-electron chi connectivity index (χ4n) is 2.71. The van der Waals surface area contributed by atoms with Crippen LogP contribution in [-0.2, 0) is 27.9 Å². The molecule has 1 unspecified atom stereocenters. The van der Waals surface area contributed by atoms with Gasteiger partial charge in [-0.3, -0.25) is 18.6 Å². The van der Waals surface area contributed by atoms with Crippen LogP contribution in [0.2, 0.25) is 0 Å². The Bertz CT molecular complexity index is 503. The first kappa shape index (κ1) is 29.0. The fourth-order valence-corrected chi connectivity index (χ4v) is 3.50. The van der Waals surface area contributed by atoms with Crippen molar-refractivity contribution in [2.45, 2.75) is 96.4 Å². The van der Waals surface area contributed by atoms with Crippen molar-refractivity contribution in [1.82, 2.24) is 0 Å². The van der Waals surface area contributed by atoms with Gasteiger partial charge in [0.25, 0.3) is 0 Å². The van der Waals surface area contributed by atoms with Crippen molar-refractivity contribution in [2.24, 2.45) is 5.73 Å². The third-order valence-corrected chi connectivity index (χ3v) is 5.51. The van der Waals surface area contributed by atoms with E-state index < -0.39 is 26.4 Å². The number of nitrogens with two attached hydrogens (primary N) is 1. The number of ether oxygens (including phenoxy) is 1. The summed E-state index contributed by atoms with van der Waals surface area (Å²) in [7, 11) is -4.38.